The molecule has 0 aliphatic rings. The normalized spacial score (nSPS) is 11.3. The van der Waals surface area contributed by atoms with Crippen LogP contribution in [0.25, 0.3) is 34.8 Å². The second kappa shape index (κ2) is 8.40. The standard InChI is InChI=1S/C27H22N4O/c1-20-18-24(30(29-20)22-10-4-2-5-11-22)17-16-21-19-28-31(23-12-6-3-7-13-23)27(21)25-14-8-9-15-26(25)32/h2-19,32H,1H3/b17-16+. The summed E-state index contributed by atoms with van der Waals surface area (Å²) in [5, 5.41) is 19.9. The summed E-state index contributed by atoms with van der Waals surface area (Å²) in [6.45, 7) is 1.98. The van der Waals surface area contributed by atoms with Crippen molar-refractivity contribution in [2.45, 2.75) is 6.92 Å². The van der Waals surface area contributed by atoms with E-state index >= 15 is 0 Å². The molecule has 156 valence electrons. The molecule has 32 heavy (non-hydrogen) atoms. The van der Waals surface area contributed by atoms with Crippen molar-refractivity contribution < 1.29 is 5.11 Å². The van der Waals surface area contributed by atoms with Gasteiger partial charge in [0.15, 0.2) is 0 Å². The highest BCUT2D eigenvalue weighted by Gasteiger charge is 2.16. The molecule has 3 aromatic carbocycles. The molecule has 0 atom stereocenters. The van der Waals surface area contributed by atoms with Crippen LogP contribution in [0, 0.1) is 6.92 Å². The first-order valence-electron chi connectivity index (χ1n) is 10.4. The van der Waals surface area contributed by atoms with Crippen molar-refractivity contribution in [3.8, 4) is 28.4 Å². The number of nitrogens with zero attached hydrogens (tertiary/aromatic N) is 4. The second-order valence-corrected chi connectivity index (χ2v) is 7.50. The number of benzene rings is 3. The lowest BCUT2D eigenvalue weighted by atomic mass is 10.1. The van der Waals surface area contributed by atoms with E-state index in [1.54, 1.807) is 6.07 Å². The fraction of sp³-hybridized carbons (Fsp3) is 0.0370. The lowest BCUT2D eigenvalue weighted by Gasteiger charge is -2.10. The van der Waals surface area contributed by atoms with E-state index < -0.39 is 0 Å². The van der Waals surface area contributed by atoms with Gasteiger partial charge >= 0.3 is 0 Å². The molecule has 0 radical (unpaired) electrons. The summed E-state index contributed by atoms with van der Waals surface area (Å²) < 4.78 is 3.78. The van der Waals surface area contributed by atoms with Gasteiger partial charge in [0.25, 0.3) is 0 Å². The van der Waals surface area contributed by atoms with Gasteiger partial charge in [0, 0.05) is 11.1 Å². The predicted molar refractivity (Wildman–Crippen MR) is 128 cm³/mol. The number of para-hydroxylation sites is 3. The Morgan fingerprint density at radius 3 is 2.06 bits per heavy atom. The number of aryl methyl sites for hydroxylation is 1. The highest BCUT2D eigenvalue weighted by Crippen LogP contribution is 2.34. The van der Waals surface area contributed by atoms with Crippen molar-refractivity contribution in [2.24, 2.45) is 0 Å². The Hall–Kier alpha value is -4.38. The Labute approximate surface area is 186 Å². The van der Waals surface area contributed by atoms with Gasteiger partial charge in [0.05, 0.1) is 34.7 Å². The number of phenolic OH excluding ortho intramolecular Hbond substituents is 1. The first kappa shape index (κ1) is 19.6. The summed E-state index contributed by atoms with van der Waals surface area (Å²) in [7, 11) is 0. The molecule has 2 heterocycles. The van der Waals surface area contributed by atoms with E-state index in [9.17, 15) is 5.11 Å². The molecular weight excluding hydrogens is 396 g/mol. The number of aromatic hydroxyl groups is 1. The van der Waals surface area contributed by atoms with Crippen LogP contribution in [0.4, 0.5) is 0 Å². The first-order chi connectivity index (χ1) is 15.7. The van der Waals surface area contributed by atoms with Crippen LogP contribution in [-0.4, -0.2) is 24.7 Å². The van der Waals surface area contributed by atoms with Crippen molar-refractivity contribution in [1.82, 2.24) is 19.6 Å². The van der Waals surface area contributed by atoms with Crippen molar-refractivity contribution in [2.75, 3.05) is 0 Å². The maximum atomic E-state index is 10.6. The molecule has 0 bridgehead atoms. The van der Waals surface area contributed by atoms with Crippen LogP contribution in [0.2, 0.25) is 0 Å². The van der Waals surface area contributed by atoms with Gasteiger partial charge in [0.2, 0.25) is 0 Å². The Morgan fingerprint density at radius 2 is 1.38 bits per heavy atom. The minimum atomic E-state index is 0.213. The van der Waals surface area contributed by atoms with Crippen molar-refractivity contribution in [3.63, 3.8) is 0 Å². The SMILES string of the molecule is Cc1cc(/C=C/c2cnn(-c3ccccc3)c2-c2ccccc2O)n(-c2ccccc2)n1. The molecule has 5 aromatic rings. The van der Waals surface area contributed by atoms with Gasteiger partial charge in [-0.05, 0) is 61.5 Å². The summed E-state index contributed by atoms with van der Waals surface area (Å²) >= 11 is 0. The average Bonchev–Trinajstić information content (AvgIpc) is 3.42. The van der Waals surface area contributed by atoms with Gasteiger partial charge in [-0.3, -0.25) is 0 Å². The van der Waals surface area contributed by atoms with Crippen LogP contribution in [0.3, 0.4) is 0 Å². The maximum Gasteiger partial charge on any atom is 0.124 e. The molecule has 0 aliphatic heterocycles. The van der Waals surface area contributed by atoms with E-state index in [2.05, 4.69) is 10.2 Å². The molecule has 1 N–H and O–H groups in total. The fourth-order valence-electron chi connectivity index (χ4n) is 3.78. The summed E-state index contributed by atoms with van der Waals surface area (Å²) in [5.74, 6) is 0.213. The van der Waals surface area contributed by atoms with Crippen molar-refractivity contribution in [3.05, 3.63) is 114 Å². The lowest BCUT2D eigenvalue weighted by Crippen LogP contribution is -1.99. The third-order valence-electron chi connectivity index (χ3n) is 5.25. The Kier molecular flexibility index (Phi) is 5.14. The van der Waals surface area contributed by atoms with Crippen molar-refractivity contribution >= 4 is 12.2 Å². The quantitative estimate of drug-likeness (QED) is 0.386. The Bertz CT molecular complexity index is 1380. The van der Waals surface area contributed by atoms with Gasteiger partial charge in [-0.15, -0.1) is 0 Å². The van der Waals surface area contributed by atoms with Crippen LogP contribution >= 0.6 is 0 Å². The Balaban J connectivity index is 1.62. The van der Waals surface area contributed by atoms with Crippen LogP contribution in [0.5, 0.6) is 5.75 Å². The van der Waals surface area contributed by atoms with Gasteiger partial charge in [0.1, 0.15) is 5.75 Å². The number of hydrogen-bond acceptors (Lipinski definition) is 3. The van der Waals surface area contributed by atoms with Crippen LogP contribution in [0.1, 0.15) is 17.0 Å². The number of rotatable bonds is 5. The van der Waals surface area contributed by atoms with Crippen molar-refractivity contribution in [1.29, 1.82) is 0 Å². The molecule has 0 saturated carbocycles. The van der Waals surface area contributed by atoms with E-state index in [0.29, 0.717) is 0 Å². The van der Waals surface area contributed by atoms with E-state index in [1.807, 2.05) is 120 Å². The van der Waals surface area contributed by atoms with E-state index in [-0.39, 0.29) is 5.75 Å². The van der Waals surface area contributed by atoms with Gasteiger partial charge in [-0.2, -0.15) is 10.2 Å². The van der Waals surface area contributed by atoms with Crippen LogP contribution in [-0.2, 0) is 0 Å². The summed E-state index contributed by atoms with van der Waals surface area (Å²) in [4.78, 5) is 0. The molecule has 2 aromatic heterocycles. The molecule has 0 saturated heterocycles. The third-order valence-corrected chi connectivity index (χ3v) is 5.25. The van der Waals surface area contributed by atoms with Gasteiger partial charge in [-0.25, -0.2) is 9.36 Å². The van der Waals surface area contributed by atoms with E-state index in [0.717, 1.165) is 39.6 Å². The second-order valence-electron chi connectivity index (χ2n) is 7.50. The van der Waals surface area contributed by atoms with E-state index in [4.69, 9.17) is 0 Å². The lowest BCUT2D eigenvalue weighted by molar-refractivity contribution is 0.477. The molecule has 5 heteroatoms. The molecule has 0 spiro atoms. The first-order valence-corrected chi connectivity index (χ1v) is 10.4. The smallest absolute Gasteiger partial charge is 0.124 e. The molecule has 0 amide bonds. The molecule has 0 fully saturated rings. The molecule has 5 nitrogen and oxygen atoms in total. The summed E-state index contributed by atoms with van der Waals surface area (Å²) in [6, 6.07) is 29.4. The molecule has 5 rings (SSSR count). The predicted octanol–water partition coefficient (Wildman–Crippen LogP) is 5.91. The summed E-state index contributed by atoms with van der Waals surface area (Å²) in [5.41, 5.74) is 6.28. The van der Waals surface area contributed by atoms with Crippen LogP contribution in [0.15, 0.2) is 97.2 Å². The summed E-state index contributed by atoms with van der Waals surface area (Å²) in [6.07, 6.45) is 5.87. The molecular formula is C27H22N4O. The molecule has 0 unspecified atom stereocenters. The third kappa shape index (κ3) is 3.72. The van der Waals surface area contributed by atoms with Gasteiger partial charge < -0.3 is 5.11 Å². The maximum absolute atomic E-state index is 10.6. The highest BCUT2D eigenvalue weighted by atomic mass is 16.3. The minimum Gasteiger partial charge on any atom is -0.507 e. The topological polar surface area (TPSA) is 55.9 Å². The monoisotopic (exact) mass is 418 g/mol. The number of aromatic nitrogens is 4. The number of hydrogen-bond donors (Lipinski definition) is 1. The zero-order valence-corrected chi connectivity index (χ0v) is 17.6. The Morgan fingerprint density at radius 1 is 0.750 bits per heavy atom. The van der Waals surface area contributed by atoms with E-state index in [1.165, 1.54) is 0 Å². The molecule has 0 aliphatic carbocycles. The zero-order valence-electron chi connectivity index (χ0n) is 17.6. The average molecular weight is 419 g/mol. The fourth-order valence-corrected chi connectivity index (χ4v) is 3.78. The largest absolute Gasteiger partial charge is 0.507 e. The van der Waals surface area contributed by atoms with Crippen LogP contribution < -0.4 is 0 Å². The minimum absolute atomic E-state index is 0.213. The number of phenols is 1. The highest BCUT2D eigenvalue weighted by molar-refractivity contribution is 5.81. The van der Waals surface area contributed by atoms with Gasteiger partial charge in [-0.1, -0.05) is 48.5 Å². The zero-order chi connectivity index (χ0) is 21.9.